The summed E-state index contributed by atoms with van der Waals surface area (Å²) >= 11 is 5.90. The highest BCUT2D eigenvalue weighted by Crippen LogP contribution is 2.29. The number of carbonyl (C=O) groups is 1. The van der Waals surface area contributed by atoms with Crippen LogP contribution in [0.1, 0.15) is 10.4 Å². The molecule has 3 rings (SSSR count). The van der Waals surface area contributed by atoms with Crippen LogP contribution in [0.3, 0.4) is 0 Å². The molecule has 3 aromatic rings. The van der Waals surface area contributed by atoms with Gasteiger partial charge in [0, 0.05) is 22.0 Å². The highest BCUT2D eigenvalue weighted by Gasteiger charge is 2.13. The molecule has 0 saturated heterocycles. The Labute approximate surface area is 144 Å². The average Bonchev–Trinajstić information content (AvgIpc) is 2.63. The summed E-state index contributed by atoms with van der Waals surface area (Å²) in [5, 5.41) is 12.9. The van der Waals surface area contributed by atoms with Gasteiger partial charge in [0.05, 0.1) is 0 Å². The molecule has 1 amide bonds. The average molecular weight is 339 g/mol. The Kier molecular flexibility index (Phi) is 4.79. The normalized spacial score (nSPS) is 10.2. The summed E-state index contributed by atoms with van der Waals surface area (Å²) in [6, 6.07) is 22.2. The van der Waals surface area contributed by atoms with E-state index in [0.717, 1.165) is 22.5 Å². The number of hydrogen-bond acceptors (Lipinski definition) is 3. The van der Waals surface area contributed by atoms with E-state index in [1.165, 1.54) is 0 Å². The molecule has 0 atom stereocenters. The zero-order chi connectivity index (χ0) is 16.9. The fourth-order valence-corrected chi connectivity index (χ4v) is 2.56. The maximum atomic E-state index is 11.9. The van der Waals surface area contributed by atoms with Gasteiger partial charge in [0.25, 0.3) is 5.91 Å². The van der Waals surface area contributed by atoms with Crippen LogP contribution in [-0.2, 0) is 0 Å². The molecule has 0 spiro atoms. The number of anilines is 2. The van der Waals surface area contributed by atoms with Crippen LogP contribution >= 0.6 is 11.6 Å². The van der Waals surface area contributed by atoms with Crippen molar-refractivity contribution >= 4 is 28.9 Å². The molecule has 120 valence electrons. The van der Waals surface area contributed by atoms with Crippen molar-refractivity contribution in [3.63, 3.8) is 0 Å². The largest absolute Gasteiger partial charge is 0.356 e. The van der Waals surface area contributed by atoms with Crippen LogP contribution < -0.4 is 10.8 Å². The fourth-order valence-electron chi connectivity index (χ4n) is 2.44. The summed E-state index contributed by atoms with van der Waals surface area (Å²) in [7, 11) is 0. The van der Waals surface area contributed by atoms with E-state index >= 15 is 0 Å². The molecular formula is C19H15ClN2O2. The molecule has 0 radical (unpaired) electrons. The highest BCUT2D eigenvalue weighted by molar-refractivity contribution is 6.30. The standard InChI is InChI=1S/C19H15ClN2O2/c20-14-6-8-15(9-7-14)21-16-10-11-17(19(23)22-24)18(12-16)13-4-2-1-3-5-13/h1-12,21,24H,(H,22,23). The van der Waals surface area contributed by atoms with Gasteiger partial charge < -0.3 is 5.32 Å². The van der Waals surface area contributed by atoms with Crippen LogP contribution in [0.5, 0.6) is 0 Å². The highest BCUT2D eigenvalue weighted by atomic mass is 35.5. The van der Waals surface area contributed by atoms with Crippen molar-refractivity contribution in [3.05, 3.63) is 83.4 Å². The number of halogens is 1. The molecule has 0 unspecified atom stereocenters. The molecule has 0 saturated carbocycles. The predicted octanol–water partition coefficient (Wildman–Crippen LogP) is 4.87. The third kappa shape index (κ3) is 3.56. The number of nitrogens with one attached hydrogen (secondary N) is 2. The van der Waals surface area contributed by atoms with Gasteiger partial charge in [-0.1, -0.05) is 41.9 Å². The molecule has 4 nitrogen and oxygen atoms in total. The van der Waals surface area contributed by atoms with E-state index in [-0.39, 0.29) is 0 Å². The quantitative estimate of drug-likeness (QED) is 0.470. The number of rotatable bonds is 4. The molecule has 0 aliphatic heterocycles. The van der Waals surface area contributed by atoms with Crippen LogP contribution in [0.25, 0.3) is 11.1 Å². The lowest BCUT2D eigenvalue weighted by Crippen LogP contribution is -2.19. The number of hydroxylamine groups is 1. The maximum Gasteiger partial charge on any atom is 0.275 e. The summed E-state index contributed by atoms with van der Waals surface area (Å²) in [4.78, 5) is 11.9. The second-order valence-electron chi connectivity index (χ2n) is 5.20. The summed E-state index contributed by atoms with van der Waals surface area (Å²) in [5.74, 6) is -0.549. The Hall–Kier alpha value is -2.82. The predicted molar refractivity (Wildman–Crippen MR) is 95.9 cm³/mol. The van der Waals surface area contributed by atoms with Crippen molar-refractivity contribution in [1.82, 2.24) is 5.48 Å². The SMILES string of the molecule is O=C(NO)c1ccc(Nc2ccc(Cl)cc2)cc1-c1ccccc1. The minimum atomic E-state index is -0.549. The molecule has 5 heteroatoms. The summed E-state index contributed by atoms with van der Waals surface area (Å²) < 4.78 is 0. The molecule has 24 heavy (non-hydrogen) atoms. The second kappa shape index (κ2) is 7.17. The van der Waals surface area contributed by atoms with Crippen molar-refractivity contribution in [2.24, 2.45) is 0 Å². The lowest BCUT2D eigenvalue weighted by molar-refractivity contribution is 0.0707. The van der Waals surface area contributed by atoms with E-state index in [1.807, 2.05) is 48.5 Å². The summed E-state index contributed by atoms with van der Waals surface area (Å²) in [5.41, 5.74) is 5.41. The maximum absolute atomic E-state index is 11.9. The van der Waals surface area contributed by atoms with E-state index in [4.69, 9.17) is 16.8 Å². The van der Waals surface area contributed by atoms with Gasteiger partial charge in [-0.15, -0.1) is 0 Å². The van der Waals surface area contributed by atoms with Crippen molar-refractivity contribution in [1.29, 1.82) is 0 Å². The van der Waals surface area contributed by atoms with E-state index in [2.05, 4.69) is 5.32 Å². The smallest absolute Gasteiger partial charge is 0.275 e. The van der Waals surface area contributed by atoms with Crippen molar-refractivity contribution < 1.29 is 10.0 Å². The van der Waals surface area contributed by atoms with Gasteiger partial charge in [0.1, 0.15) is 0 Å². The monoisotopic (exact) mass is 338 g/mol. The number of benzene rings is 3. The third-order valence-corrected chi connectivity index (χ3v) is 3.84. The topological polar surface area (TPSA) is 61.4 Å². The Balaban J connectivity index is 2.00. The minimum absolute atomic E-state index is 0.394. The van der Waals surface area contributed by atoms with E-state index in [1.54, 1.807) is 29.7 Å². The molecule has 3 N–H and O–H groups in total. The first kappa shape index (κ1) is 16.1. The molecular weight excluding hydrogens is 324 g/mol. The molecule has 0 heterocycles. The Morgan fingerprint density at radius 1 is 0.875 bits per heavy atom. The van der Waals surface area contributed by atoms with E-state index < -0.39 is 5.91 Å². The lowest BCUT2D eigenvalue weighted by Gasteiger charge is -2.12. The third-order valence-electron chi connectivity index (χ3n) is 3.58. The Bertz CT molecular complexity index is 849. The van der Waals surface area contributed by atoms with Crippen LogP contribution in [0.2, 0.25) is 5.02 Å². The van der Waals surface area contributed by atoms with Gasteiger partial charge in [0.2, 0.25) is 0 Å². The molecule has 0 fully saturated rings. The zero-order valence-corrected chi connectivity index (χ0v) is 13.4. The first-order valence-electron chi connectivity index (χ1n) is 7.34. The fraction of sp³-hybridized carbons (Fsp3) is 0. The second-order valence-corrected chi connectivity index (χ2v) is 5.64. The van der Waals surface area contributed by atoms with Gasteiger partial charge in [-0.25, -0.2) is 5.48 Å². The molecule has 0 aliphatic rings. The summed E-state index contributed by atoms with van der Waals surface area (Å²) in [6.45, 7) is 0. The molecule has 0 aromatic heterocycles. The molecule has 0 aliphatic carbocycles. The number of amides is 1. The number of carbonyl (C=O) groups excluding carboxylic acids is 1. The molecule has 3 aromatic carbocycles. The van der Waals surface area contributed by atoms with Crippen LogP contribution in [-0.4, -0.2) is 11.1 Å². The molecule has 0 bridgehead atoms. The minimum Gasteiger partial charge on any atom is -0.356 e. The van der Waals surface area contributed by atoms with E-state index in [0.29, 0.717) is 10.6 Å². The Morgan fingerprint density at radius 2 is 1.54 bits per heavy atom. The zero-order valence-electron chi connectivity index (χ0n) is 12.7. The van der Waals surface area contributed by atoms with Crippen molar-refractivity contribution in [3.8, 4) is 11.1 Å². The lowest BCUT2D eigenvalue weighted by atomic mass is 9.98. The van der Waals surface area contributed by atoms with Gasteiger partial charge in [-0.3, -0.25) is 10.0 Å². The summed E-state index contributed by atoms with van der Waals surface area (Å²) in [6.07, 6.45) is 0. The van der Waals surface area contributed by atoms with Crippen molar-refractivity contribution in [2.45, 2.75) is 0 Å². The van der Waals surface area contributed by atoms with Gasteiger partial charge in [-0.05, 0) is 53.6 Å². The van der Waals surface area contributed by atoms with E-state index in [9.17, 15) is 4.79 Å². The first-order valence-corrected chi connectivity index (χ1v) is 7.71. The van der Waals surface area contributed by atoms with Crippen molar-refractivity contribution in [2.75, 3.05) is 5.32 Å². The van der Waals surface area contributed by atoms with Gasteiger partial charge >= 0.3 is 0 Å². The Morgan fingerprint density at radius 3 is 2.21 bits per heavy atom. The van der Waals surface area contributed by atoms with Gasteiger partial charge in [-0.2, -0.15) is 0 Å². The first-order chi connectivity index (χ1) is 11.7. The van der Waals surface area contributed by atoms with Crippen LogP contribution in [0, 0.1) is 0 Å². The van der Waals surface area contributed by atoms with Crippen LogP contribution in [0.15, 0.2) is 72.8 Å². The van der Waals surface area contributed by atoms with Crippen LogP contribution in [0.4, 0.5) is 11.4 Å². The van der Waals surface area contributed by atoms with Gasteiger partial charge in [0.15, 0.2) is 0 Å². The number of hydrogen-bond donors (Lipinski definition) is 3.